The molecule has 20 heavy (non-hydrogen) atoms. The number of hydrogen-bond acceptors (Lipinski definition) is 4. The molecule has 2 heterocycles. The van der Waals surface area contributed by atoms with Gasteiger partial charge in [-0.1, -0.05) is 26.0 Å². The Kier molecular flexibility index (Phi) is 3.04. The van der Waals surface area contributed by atoms with Gasteiger partial charge in [-0.2, -0.15) is 0 Å². The summed E-state index contributed by atoms with van der Waals surface area (Å²) in [7, 11) is 0. The molecule has 0 spiro atoms. The van der Waals surface area contributed by atoms with E-state index in [0.717, 1.165) is 24.3 Å². The van der Waals surface area contributed by atoms with Crippen molar-refractivity contribution in [2.75, 3.05) is 18.0 Å². The first-order valence-corrected chi connectivity index (χ1v) is 6.81. The third-order valence-electron chi connectivity index (χ3n) is 4.06. The molecule has 5 heteroatoms. The van der Waals surface area contributed by atoms with Crippen molar-refractivity contribution in [3.63, 3.8) is 0 Å². The summed E-state index contributed by atoms with van der Waals surface area (Å²) in [4.78, 5) is 21.7. The fourth-order valence-electron chi connectivity index (χ4n) is 2.70. The summed E-state index contributed by atoms with van der Waals surface area (Å²) >= 11 is 0. The van der Waals surface area contributed by atoms with Gasteiger partial charge >= 0.3 is 5.97 Å². The number of carboxylic acid groups (broad SMARTS) is 1. The predicted molar refractivity (Wildman–Crippen MR) is 77.0 cm³/mol. The first-order chi connectivity index (χ1) is 9.56. The zero-order valence-electron chi connectivity index (χ0n) is 11.6. The molecule has 2 unspecified atom stereocenters. The lowest BCUT2D eigenvalue weighted by atomic mass is 10.0. The zero-order chi connectivity index (χ0) is 14.3. The highest BCUT2D eigenvalue weighted by molar-refractivity contribution is 5.93. The topological polar surface area (TPSA) is 66.3 Å². The maximum absolute atomic E-state index is 11.2. The highest BCUT2D eigenvalue weighted by atomic mass is 16.4. The van der Waals surface area contributed by atoms with Crippen LogP contribution in [0.1, 0.15) is 24.5 Å². The fraction of sp³-hybridized carbons (Fsp3) is 0.400. The van der Waals surface area contributed by atoms with Crippen LogP contribution in [0.4, 0.5) is 5.82 Å². The van der Waals surface area contributed by atoms with Gasteiger partial charge in [-0.25, -0.2) is 14.8 Å². The minimum absolute atomic E-state index is 0.133. The fourth-order valence-corrected chi connectivity index (χ4v) is 2.70. The second-order valence-corrected chi connectivity index (χ2v) is 5.55. The normalized spacial score (nSPS) is 22.4. The Labute approximate surface area is 117 Å². The lowest BCUT2D eigenvalue weighted by Crippen LogP contribution is -2.22. The Morgan fingerprint density at radius 2 is 1.85 bits per heavy atom. The minimum atomic E-state index is -1.09. The molecule has 5 nitrogen and oxygen atoms in total. The number of rotatable bonds is 2. The maximum atomic E-state index is 11.2. The van der Waals surface area contributed by atoms with E-state index in [2.05, 4.69) is 28.7 Å². The Morgan fingerprint density at radius 1 is 1.20 bits per heavy atom. The Balaban J connectivity index is 2.15. The van der Waals surface area contributed by atoms with E-state index in [1.165, 1.54) is 0 Å². The van der Waals surface area contributed by atoms with Crippen LogP contribution >= 0.6 is 0 Å². The first-order valence-electron chi connectivity index (χ1n) is 6.81. The van der Waals surface area contributed by atoms with Gasteiger partial charge in [0.05, 0.1) is 5.52 Å². The van der Waals surface area contributed by atoms with Crippen LogP contribution in [0.3, 0.4) is 0 Å². The van der Waals surface area contributed by atoms with Gasteiger partial charge in [0, 0.05) is 18.5 Å². The largest absolute Gasteiger partial charge is 0.475 e. The van der Waals surface area contributed by atoms with Gasteiger partial charge < -0.3 is 10.0 Å². The molecule has 1 aromatic carbocycles. The van der Waals surface area contributed by atoms with Crippen molar-refractivity contribution < 1.29 is 9.90 Å². The van der Waals surface area contributed by atoms with Crippen LogP contribution in [0.25, 0.3) is 10.9 Å². The van der Waals surface area contributed by atoms with Crippen molar-refractivity contribution in [1.29, 1.82) is 0 Å². The number of fused-ring (bicyclic) bond motifs is 1. The Hall–Kier alpha value is -2.17. The van der Waals surface area contributed by atoms with Gasteiger partial charge in [-0.05, 0) is 24.0 Å². The molecule has 2 aromatic rings. The van der Waals surface area contributed by atoms with Gasteiger partial charge in [0.25, 0.3) is 0 Å². The number of benzene rings is 1. The molecule has 1 saturated heterocycles. The molecule has 0 amide bonds. The summed E-state index contributed by atoms with van der Waals surface area (Å²) in [5.74, 6) is 0.682. The molecule has 104 valence electrons. The van der Waals surface area contributed by atoms with Crippen molar-refractivity contribution in [3.8, 4) is 0 Å². The summed E-state index contributed by atoms with van der Waals surface area (Å²) < 4.78 is 0. The van der Waals surface area contributed by atoms with Gasteiger partial charge in [0.1, 0.15) is 5.82 Å². The van der Waals surface area contributed by atoms with Crippen LogP contribution in [0.2, 0.25) is 0 Å². The highest BCUT2D eigenvalue weighted by Gasteiger charge is 2.28. The molecule has 1 aliphatic heterocycles. The third-order valence-corrected chi connectivity index (χ3v) is 4.06. The molecule has 0 aliphatic carbocycles. The summed E-state index contributed by atoms with van der Waals surface area (Å²) in [6, 6.07) is 7.57. The van der Waals surface area contributed by atoms with E-state index in [0.29, 0.717) is 17.4 Å². The van der Waals surface area contributed by atoms with Gasteiger partial charge in [0.2, 0.25) is 5.82 Å². The van der Waals surface area contributed by atoms with Gasteiger partial charge in [0.15, 0.2) is 0 Å². The van der Waals surface area contributed by atoms with Crippen LogP contribution in [0, 0.1) is 11.8 Å². The summed E-state index contributed by atoms with van der Waals surface area (Å²) in [5.41, 5.74) is 0.683. The maximum Gasteiger partial charge on any atom is 0.374 e. The number of aromatic nitrogens is 2. The molecule has 1 aromatic heterocycles. The lowest BCUT2D eigenvalue weighted by molar-refractivity contribution is 0.0684. The molecule has 1 aliphatic rings. The number of nitrogens with zero attached hydrogens (tertiary/aromatic N) is 3. The van der Waals surface area contributed by atoms with E-state index in [9.17, 15) is 9.90 Å². The lowest BCUT2D eigenvalue weighted by Gasteiger charge is -2.19. The first kappa shape index (κ1) is 12.8. The molecule has 0 bridgehead atoms. The average Bonchev–Trinajstić information content (AvgIpc) is 2.77. The van der Waals surface area contributed by atoms with Crippen molar-refractivity contribution in [2.24, 2.45) is 11.8 Å². The Morgan fingerprint density at radius 3 is 2.50 bits per heavy atom. The molecular weight excluding hydrogens is 254 g/mol. The molecular formula is C15H17N3O2. The summed E-state index contributed by atoms with van der Waals surface area (Å²) in [6.45, 7) is 6.24. The molecule has 1 N–H and O–H groups in total. The second kappa shape index (κ2) is 4.74. The van der Waals surface area contributed by atoms with Crippen LogP contribution in [-0.4, -0.2) is 34.1 Å². The number of aromatic carboxylic acids is 1. The van der Waals surface area contributed by atoms with Crippen LogP contribution in [0.5, 0.6) is 0 Å². The highest BCUT2D eigenvalue weighted by Crippen LogP contribution is 2.31. The number of anilines is 1. The predicted octanol–water partition coefficient (Wildman–Crippen LogP) is 2.42. The van der Waals surface area contributed by atoms with Crippen molar-refractivity contribution in [3.05, 3.63) is 30.1 Å². The smallest absolute Gasteiger partial charge is 0.374 e. The second-order valence-electron chi connectivity index (χ2n) is 5.55. The SMILES string of the molecule is CC1CN(c2nc(C(=O)O)nc3ccccc23)CC1C. The molecule has 3 rings (SSSR count). The van der Waals surface area contributed by atoms with E-state index in [4.69, 9.17) is 0 Å². The number of carbonyl (C=O) groups is 1. The van der Waals surface area contributed by atoms with Crippen LogP contribution in [-0.2, 0) is 0 Å². The molecule has 0 radical (unpaired) electrons. The average molecular weight is 271 g/mol. The van der Waals surface area contributed by atoms with Crippen molar-refractivity contribution in [1.82, 2.24) is 9.97 Å². The van der Waals surface area contributed by atoms with E-state index in [-0.39, 0.29) is 5.82 Å². The van der Waals surface area contributed by atoms with E-state index >= 15 is 0 Å². The zero-order valence-corrected chi connectivity index (χ0v) is 11.6. The third kappa shape index (κ3) is 2.09. The van der Waals surface area contributed by atoms with E-state index in [1.54, 1.807) is 0 Å². The van der Waals surface area contributed by atoms with E-state index < -0.39 is 5.97 Å². The minimum Gasteiger partial charge on any atom is -0.475 e. The number of para-hydroxylation sites is 1. The number of hydrogen-bond donors (Lipinski definition) is 1. The summed E-state index contributed by atoms with van der Waals surface area (Å²) in [6.07, 6.45) is 0. The van der Waals surface area contributed by atoms with Crippen molar-refractivity contribution in [2.45, 2.75) is 13.8 Å². The standard InChI is InChI=1S/C15H17N3O2/c1-9-7-18(8-10(9)2)14-11-5-3-4-6-12(11)16-13(17-14)15(19)20/h3-6,9-10H,7-8H2,1-2H3,(H,19,20). The molecule has 1 fully saturated rings. The van der Waals surface area contributed by atoms with Crippen LogP contribution < -0.4 is 4.90 Å². The quantitative estimate of drug-likeness (QED) is 0.908. The van der Waals surface area contributed by atoms with E-state index in [1.807, 2.05) is 24.3 Å². The number of carboxylic acids is 1. The van der Waals surface area contributed by atoms with Crippen LogP contribution in [0.15, 0.2) is 24.3 Å². The van der Waals surface area contributed by atoms with Crippen molar-refractivity contribution >= 4 is 22.7 Å². The van der Waals surface area contributed by atoms with Gasteiger partial charge in [-0.15, -0.1) is 0 Å². The summed E-state index contributed by atoms with van der Waals surface area (Å²) in [5, 5.41) is 10.1. The molecule has 0 saturated carbocycles. The Bertz CT molecular complexity index is 661. The van der Waals surface area contributed by atoms with Gasteiger partial charge in [-0.3, -0.25) is 0 Å². The monoisotopic (exact) mass is 271 g/mol. The molecule has 2 atom stereocenters.